The molecule has 156 valence electrons. The molecule has 6 rings (SSSR count). The molecule has 2 bridgehead atoms. The summed E-state index contributed by atoms with van der Waals surface area (Å²) in [5.74, 6) is -1.54. The van der Waals surface area contributed by atoms with E-state index >= 15 is 0 Å². The average Bonchev–Trinajstić information content (AvgIpc) is 3.06. The fraction of sp³-hybridized carbons (Fsp3) is 0.708. The minimum Gasteiger partial charge on any atom is -0.478 e. The summed E-state index contributed by atoms with van der Waals surface area (Å²) >= 11 is 0. The Morgan fingerprint density at radius 1 is 1.21 bits per heavy atom. The first kappa shape index (κ1) is 19.1. The Labute approximate surface area is 171 Å². The first-order chi connectivity index (χ1) is 13.9. The molecule has 1 N–H and O–H groups in total. The molecule has 1 heterocycles. The molecule has 0 aromatic rings. The molecule has 2 saturated carbocycles. The van der Waals surface area contributed by atoms with Gasteiger partial charge in [-0.1, -0.05) is 38.8 Å². The third-order valence-electron chi connectivity index (χ3n) is 8.85. The topological polar surface area (TPSA) is 80.7 Å². The number of carbonyl (C=O) groups is 3. The molecule has 29 heavy (non-hydrogen) atoms. The number of allylic oxidation sites excluding steroid dienone is 2. The number of ether oxygens (including phenoxy) is 1. The number of hydrogen-bond acceptors (Lipinski definition) is 4. The number of carboxylic acids is 1. The van der Waals surface area contributed by atoms with Gasteiger partial charge in [0.05, 0.1) is 11.0 Å². The Morgan fingerprint density at radius 2 is 1.97 bits per heavy atom. The van der Waals surface area contributed by atoms with E-state index < -0.39 is 22.4 Å². The van der Waals surface area contributed by atoms with E-state index in [1.165, 1.54) is 0 Å². The number of Topliss-reactive ketones (excluding diaryl/α,β-unsaturated/α-hetero) is 1. The van der Waals surface area contributed by atoms with Gasteiger partial charge in [0.15, 0.2) is 5.78 Å². The van der Waals surface area contributed by atoms with E-state index in [2.05, 4.69) is 13.8 Å². The van der Waals surface area contributed by atoms with Gasteiger partial charge in [0.2, 0.25) is 0 Å². The van der Waals surface area contributed by atoms with Crippen LogP contribution in [-0.4, -0.2) is 28.4 Å². The van der Waals surface area contributed by atoms with Gasteiger partial charge in [0.25, 0.3) is 0 Å². The first-order valence-electron chi connectivity index (χ1n) is 11.4. The van der Waals surface area contributed by atoms with Crippen molar-refractivity contribution in [2.24, 2.45) is 28.6 Å². The van der Waals surface area contributed by atoms with Gasteiger partial charge in [-0.2, -0.15) is 0 Å². The van der Waals surface area contributed by atoms with Crippen molar-refractivity contribution in [3.63, 3.8) is 0 Å². The molecule has 5 aliphatic carbocycles. The predicted molar refractivity (Wildman–Crippen MR) is 106 cm³/mol. The van der Waals surface area contributed by atoms with Gasteiger partial charge >= 0.3 is 11.9 Å². The molecular formula is C24H30O5. The number of carbonyl (C=O) groups excluding carboxylic acids is 2. The highest BCUT2D eigenvalue weighted by Crippen LogP contribution is 2.79. The summed E-state index contributed by atoms with van der Waals surface area (Å²) < 4.78 is 6.40. The zero-order valence-electron chi connectivity index (χ0n) is 17.3. The smallest absolute Gasteiger partial charge is 0.335 e. The van der Waals surface area contributed by atoms with Crippen LogP contribution < -0.4 is 0 Å². The highest BCUT2D eigenvalue weighted by atomic mass is 16.6. The number of ketones is 1. The normalized spacial score (nSPS) is 44.6. The number of esters is 1. The maximum Gasteiger partial charge on any atom is 0.335 e. The zero-order chi connectivity index (χ0) is 20.6. The molecule has 6 aliphatic rings. The Balaban J connectivity index is 1.88. The van der Waals surface area contributed by atoms with E-state index in [0.717, 1.165) is 44.9 Å². The molecule has 1 aliphatic heterocycles. The Hall–Kier alpha value is -1.91. The van der Waals surface area contributed by atoms with Crippen LogP contribution >= 0.6 is 0 Å². The van der Waals surface area contributed by atoms with Gasteiger partial charge in [-0.3, -0.25) is 4.79 Å². The van der Waals surface area contributed by atoms with Crippen molar-refractivity contribution in [1.29, 1.82) is 0 Å². The van der Waals surface area contributed by atoms with E-state index in [4.69, 9.17) is 4.74 Å². The van der Waals surface area contributed by atoms with Crippen LogP contribution in [0.1, 0.15) is 71.6 Å². The molecule has 0 aromatic carbocycles. The highest BCUT2D eigenvalue weighted by molar-refractivity contribution is 6.09. The van der Waals surface area contributed by atoms with Crippen LogP contribution in [0.25, 0.3) is 0 Å². The van der Waals surface area contributed by atoms with E-state index in [0.29, 0.717) is 18.4 Å². The van der Waals surface area contributed by atoms with Gasteiger partial charge in [-0.15, -0.1) is 0 Å². The molecule has 0 amide bonds. The third kappa shape index (κ3) is 1.82. The van der Waals surface area contributed by atoms with Gasteiger partial charge < -0.3 is 9.84 Å². The molecule has 0 aromatic heterocycles. The maximum absolute atomic E-state index is 14.2. The number of carboxylic acid groups (broad SMARTS) is 1. The fourth-order valence-corrected chi connectivity index (χ4v) is 8.27. The molecule has 3 fully saturated rings. The van der Waals surface area contributed by atoms with E-state index in [1.54, 1.807) is 0 Å². The lowest BCUT2D eigenvalue weighted by molar-refractivity contribution is -0.203. The summed E-state index contributed by atoms with van der Waals surface area (Å²) in [5.41, 5.74) is -1.95. The summed E-state index contributed by atoms with van der Waals surface area (Å²) in [5, 5.41) is 10.2. The van der Waals surface area contributed by atoms with Crippen LogP contribution in [-0.2, 0) is 19.1 Å². The van der Waals surface area contributed by atoms with Gasteiger partial charge in [0.1, 0.15) is 11.0 Å². The molecule has 1 saturated heterocycles. The van der Waals surface area contributed by atoms with Crippen LogP contribution in [0.15, 0.2) is 23.3 Å². The van der Waals surface area contributed by atoms with E-state index in [-0.39, 0.29) is 35.1 Å². The minimum absolute atomic E-state index is 0.0168. The van der Waals surface area contributed by atoms with Crippen LogP contribution in [0.4, 0.5) is 0 Å². The molecule has 5 nitrogen and oxygen atoms in total. The molecule has 6 atom stereocenters. The Bertz CT molecular complexity index is 868. The second-order valence-corrected chi connectivity index (χ2v) is 9.70. The van der Waals surface area contributed by atoms with Gasteiger partial charge in [0, 0.05) is 17.4 Å². The van der Waals surface area contributed by atoms with Crippen molar-refractivity contribution in [2.45, 2.75) is 77.2 Å². The molecular weight excluding hydrogens is 368 g/mol. The van der Waals surface area contributed by atoms with Crippen molar-refractivity contribution in [1.82, 2.24) is 0 Å². The van der Waals surface area contributed by atoms with Crippen LogP contribution in [0.3, 0.4) is 0 Å². The summed E-state index contributed by atoms with van der Waals surface area (Å²) in [7, 11) is 0. The lowest BCUT2D eigenvalue weighted by atomic mass is 9.43. The Morgan fingerprint density at radius 3 is 2.66 bits per heavy atom. The van der Waals surface area contributed by atoms with Crippen molar-refractivity contribution in [2.75, 3.05) is 0 Å². The summed E-state index contributed by atoms with van der Waals surface area (Å²) in [6.07, 6.45) is 11.0. The van der Waals surface area contributed by atoms with E-state index in [9.17, 15) is 19.5 Å². The Kier molecular flexibility index (Phi) is 3.98. The fourth-order valence-electron chi connectivity index (χ4n) is 8.27. The minimum atomic E-state index is -1.18. The standard InChI is InChI=1S/C24H30O5/c1-3-7-15-14-10-12-23(18(13-14)20(26)27)19(25)16(8-4-2)22-11-6-5-9-17(22)21(28)29-24(15,22)23/h9,13-16H,3-8,10-12H2,1-2H3,(H,26,27)/t14-,15?,16+,22-,23+,24?/m1/s1. The summed E-state index contributed by atoms with van der Waals surface area (Å²) in [4.78, 5) is 39.9. The number of aliphatic carboxylic acids is 1. The SMILES string of the molecule is CCCC1[C@H]2C=C(C(=O)O)[C@@]3(CC2)C(=O)[C@H](CCC)[C@]24CCCC=C2C(=O)OC134. The van der Waals surface area contributed by atoms with Crippen molar-refractivity contribution in [3.8, 4) is 0 Å². The lowest BCUT2D eigenvalue weighted by Gasteiger charge is -2.60. The summed E-state index contributed by atoms with van der Waals surface area (Å²) in [6.45, 7) is 4.18. The molecule has 2 unspecified atom stereocenters. The van der Waals surface area contributed by atoms with Crippen molar-refractivity contribution >= 4 is 17.7 Å². The predicted octanol–water partition coefficient (Wildman–Crippen LogP) is 4.22. The van der Waals surface area contributed by atoms with Crippen molar-refractivity contribution in [3.05, 3.63) is 23.3 Å². The van der Waals surface area contributed by atoms with Gasteiger partial charge in [-0.25, -0.2) is 9.59 Å². The maximum atomic E-state index is 14.2. The molecule has 3 spiro atoms. The van der Waals surface area contributed by atoms with Crippen LogP contribution in [0.5, 0.6) is 0 Å². The second-order valence-electron chi connectivity index (χ2n) is 9.70. The van der Waals surface area contributed by atoms with Crippen molar-refractivity contribution < 1.29 is 24.2 Å². The molecule has 0 radical (unpaired) electrons. The number of fused-ring (bicyclic) bond motifs is 1. The quantitative estimate of drug-likeness (QED) is 0.702. The number of hydrogen-bond donors (Lipinski definition) is 1. The average molecular weight is 398 g/mol. The highest BCUT2D eigenvalue weighted by Gasteiger charge is 2.87. The molecule has 5 heteroatoms. The van der Waals surface area contributed by atoms with Crippen LogP contribution in [0, 0.1) is 28.6 Å². The second kappa shape index (κ2) is 6.05. The summed E-state index contributed by atoms with van der Waals surface area (Å²) in [6, 6.07) is 0. The lowest BCUT2D eigenvalue weighted by Crippen LogP contribution is -2.67. The largest absolute Gasteiger partial charge is 0.478 e. The third-order valence-corrected chi connectivity index (χ3v) is 8.85. The van der Waals surface area contributed by atoms with Gasteiger partial charge in [-0.05, 0) is 50.9 Å². The first-order valence-corrected chi connectivity index (χ1v) is 11.4. The monoisotopic (exact) mass is 398 g/mol. The zero-order valence-corrected chi connectivity index (χ0v) is 17.3. The number of rotatable bonds is 5. The van der Waals surface area contributed by atoms with Crippen LogP contribution in [0.2, 0.25) is 0 Å². The van der Waals surface area contributed by atoms with E-state index in [1.807, 2.05) is 12.2 Å².